The minimum atomic E-state index is 0.582. The van der Waals surface area contributed by atoms with Crippen LogP contribution in [0, 0.1) is 0 Å². The molecule has 1 fully saturated rings. The van der Waals surface area contributed by atoms with E-state index in [1.165, 1.54) is 31.1 Å². The molecule has 3 heteroatoms. The average Bonchev–Trinajstić information content (AvgIpc) is 3.19. The van der Waals surface area contributed by atoms with Gasteiger partial charge in [-0.1, -0.05) is 31.0 Å². The van der Waals surface area contributed by atoms with Crippen molar-refractivity contribution >= 4 is 16.6 Å². The first-order valence-electron chi connectivity index (χ1n) is 7.99. The molecule has 1 aromatic heterocycles. The number of aromatic nitrogens is 1. The Morgan fingerprint density at radius 2 is 1.77 bits per heavy atom. The van der Waals surface area contributed by atoms with Gasteiger partial charge in [0.2, 0.25) is 0 Å². The Bertz CT molecular complexity index is 757. The first kappa shape index (κ1) is 13.3. The first-order chi connectivity index (χ1) is 10.9. The fraction of sp³-hybridized carbons (Fsp3) is 0.263. The summed E-state index contributed by atoms with van der Waals surface area (Å²) < 4.78 is 6.01. The van der Waals surface area contributed by atoms with Crippen LogP contribution in [0.2, 0.25) is 0 Å². The first-order valence-corrected chi connectivity index (χ1v) is 7.99. The number of hydrogen-bond acceptors (Lipinski definition) is 2. The third-order valence-corrected chi connectivity index (χ3v) is 4.33. The second-order valence-corrected chi connectivity index (χ2v) is 5.95. The maximum absolute atomic E-state index is 6.01. The van der Waals surface area contributed by atoms with E-state index < -0.39 is 0 Å². The molecule has 22 heavy (non-hydrogen) atoms. The summed E-state index contributed by atoms with van der Waals surface area (Å²) in [7, 11) is 0. The van der Waals surface area contributed by atoms with Crippen LogP contribution in [0.25, 0.3) is 10.9 Å². The van der Waals surface area contributed by atoms with Crippen molar-refractivity contribution in [1.82, 2.24) is 4.98 Å². The monoisotopic (exact) mass is 292 g/mol. The minimum Gasteiger partial charge on any atom is -0.457 e. The van der Waals surface area contributed by atoms with Crippen molar-refractivity contribution in [2.45, 2.75) is 31.7 Å². The van der Waals surface area contributed by atoms with Gasteiger partial charge in [0, 0.05) is 23.7 Å². The number of ether oxygens (including phenoxy) is 1. The number of hydrogen-bond donors (Lipinski definition) is 2. The molecular formula is C19H20N2O. The van der Waals surface area contributed by atoms with Gasteiger partial charge in [-0.15, -0.1) is 0 Å². The van der Waals surface area contributed by atoms with Crippen LogP contribution in [0.3, 0.4) is 0 Å². The molecule has 112 valence electrons. The molecule has 1 aliphatic rings. The van der Waals surface area contributed by atoms with Crippen molar-refractivity contribution in [1.29, 1.82) is 0 Å². The molecule has 0 aliphatic heterocycles. The normalized spacial score (nSPS) is 15.3. The number of aromatic amines is 1. The largest absolute Gasteiger partial charge is 0.457 e. The van der Waals surface area contributed by atoms with E-state index in [-0.39, 0.29) is 0 Å². The van der Waals surface area contributed by atoms with E-state index in [1.807, 2.05) is 36.5 Å². The van der Waals surface area contributed by atoms with Crippen LogP contribution in [-0.2, 0) is 0 Å². The molecule has 0 atom stereocenters. The fourth-order valence-electron chi connectivity index (χ4n) is 3.23. The molecule has 0 unspecified atom stereocenters. The van der Waals surface area contributed by atoms with Crippen molar-refractivity contribution in [2.75, 3.05) is 5.32 Å². The zero-order valence-corrected chi connectivity index (χ0v) is 12.5. The smallest absolute Gasteiger partial charge is 0.130 e. The molecule has 4 rings (SSSR count). The van der Waals surface area contributed by atoms with Crippen molar-refractivity contribution < 1.29 is 4.74 Å². The predicted octanol–water partition coefficient (Wildman–Crippen LogP) is 5.31. The van der Waals surface area contributed by atoms with Gasteiger partial charge in [-0.2, -0.15) is 0 Å². The Kier molecular flexibility index (Phi) is 3.47. The zero-order valence-electron chi connectivity index (χ0n) is 12.5. The Labute approximate surface area is 130 Å². The third-order valence-electron chi connectivity index (χ3n) is 4.33. The summed E-state index contributed by atoms with van der Waals surface area (Å²) in [5, 5.41) is 4.86. The van der Waals surface area contributed by atoms with Crippen LogP contribution in [0.15, 0.2) is 54.7 Å². The van der Waals surface area contributed by atoms with Gasteiger partial charge in [0.1, 0.15) is 11.5 Å². The maximum Gasteiger partial charge on any atom is 0.130 e. The van der Waals surface area contributed by atoms with E-state index in [4.69, 9.17) is 4.74 Å². The van der Waals surface area contributed by atoms with Gasteiger partial charge in [0.15, 0.2) is 0 Å². The molecule has 0 radical (unpaired) electrons. The van der Waals surface area contributed by atoms with Crippen LogP contribution in [0.1, 0.15) is 25.7 Å². The highest BCUT2D eigenvalue weighted by Crippen LogP contribution is 2.33. The number of nitrogens with one attached hydrogen (secondary N) is 2. The lowest BCUT2D eigenvalue weighted by atomic mass is 10.1. The molecule has 1 saturated carbocycles. The predicted molar refractivity (Wildman–Crippen MR) is 90.7 cm³/mol. The van der Waals surface area contributed by atoms with E-state index in [0.717, 1.165) is 22.7 Å². The van der Waals surface area contributed by atoms with Crippen molar-refractivity contribution in [3.05, 3.63) is 54.7 Å². The van der Waals surface area contributed by atoms with Crippen molar-refractivity contribution in [3.63, 3.8) is 0 Å². The molecule has 2 aromatic carbocycles. The van der Waals surface area contributed by atoms with Crippen LogP contribution in [0.5, 0.6) is 11.5 Å². The lowest BCUT2D eigenvalue weighted by Crippen LogP contribution is -2.14. The molecule has 3 aromatic rings. The van der Waals surface area contributed by atoms with Gasteiger partial charge in [0.25, 0.3) is 0 Å². The minimum absolute atomic E-state index is 0.582. The van der Waals surface area contributed by atoms with E-state index >= 15 is 0 Å². The van der Waals surface area contributed by atoms with Crippen LogP contribution >= 0.6 is 0 Å². The van der Waals surface area contributed by atoms with Gasteiger partial charge >= 0.3 is 0 Å². The second-order valence-electron chi connectivity index (χ2n) is 5.95. The van der Waals surface area contributed by atoms with Gasteiger partial charge in [-0.25, -0.2) is 0 Å². The van der Waals surface area contributed by atoms with E-state index in [1.54, 1.807) is 0 Å². The van der Waals surface area contributed by atoms with E-state index in [9.17, 15) is 0 Å². The Morgan fingerprint density at radius 1 is 0.955 bits per heavy atom. The van der Waals surface area contributed by atoms with Gasteiger partial charge in [-0.3, -0.25) is 0 Å². The molecule has 0 amide bonds. The number of para-hydroxylation sites is 1. The number of anilines is 1. The summed E-state index contributed by atoms with van der Waals surface area (Å²) in [5.41, 5.74) is 2.30. The quantitative estimate of drug-likeness (QED) is 0.683. The van der Waals surface area contributed by atoms with E-state index in [0.29, 0.717) is 6.04 Å². The van der Waals surface area contributed by atoms with Crippen molar-refractivity contribution in [3.8, 4) is 11.5 Å². The molecule has 0 spiro atoms. The van der Waals surface area contributed by atoms with Crippen LogP contribution in [-0.4, -0.2) is 11.0 Å². The third kappa shape index (κ3) is 2.67. The highest BCUT2D eigenvalue weighted by atomic mass is 16.5. The van der Waals surface area contributed by atoms with Crippen molar-refractivity contribution in [2.24, 2.45) is 0 Å². The number of H-pyrrole nitrogens is 1. The summed E-state index contributed by atoms with van der Waals surface area (Å²) in [6.07, 6.45) is 7.15. The number of rotatable bonds is 4. The molecule has 2 N–H and O–H groups in total. The number of benzene rings is 2. The molecule has 1 heterocycles. The maximum atomic E-state index is 6.01. The fourth-order valence-corrected chi connectivity index (χ4v) is 3.23. The van der Waals surface area contributed by atoms with Crippen LogP contribution in [0.4, 0.5) is 5.69 Å². The zero-order chi connectivity index (χ0) is 14.8. The summed E-state index contributed by atoms with van der Waals surface area (Å²) in [4.78, 5) is 3.34. The molecule has 3 nitrogen and oxygen atoms in total. The Hall–Kier alpha value is -2.42. The number of fused-ring (bicyclic) bond motifs is 1. The van der Waals surface area contributed by atoms with Gasteiger partial charge in [0.05, 0.1) is 11.2 Å². The highest BCUT2D eigenvalue weighted by molar-refractivity contribution is 5.92. The summed E-state index contributed by atoms with van der Waals surface area (Å²) in [6, 6.07) is 16.8. The molecule has 0 saturated heterocycles. The van der Waals surface area contributed by atoms with Crippen LogP contribution < -0.4 is 10.1 Å². The highest BCUT2D eigenvalue weighted by Gasteiger charge is 2.16. The molecule has 1 aliphatic carbocycles. The topological polar surface area (TPSA) is 37.0 Å². The summed E-state index contributed by atoms with van der Waals surface area (Å²) in [5.74, 6) is 1.74. The summed E-state index contributed by atoms with van der Waals surface area (Å²) >= 11 is 0. The second kappa shape index (κ2) is 5.76. The standard InChI is InChI=1S/C19H20N2O/c1-2-8-16(9-3-1)22-17-12-14-10-11-20-19(14)18(13-17)21-15-6-4-5-7-15/h1-3,8-13,15,20-21H,4-7H2. The SMILES string of the molecule is c1ccc(Oc2cc(NC3CCCC3)c3[nH]ccc3c2)cc1. The van der Waals surface area contributed by atoms with E-state index in [2.05, 4.69) is 28.5 Å². The van der Waals surface area contributed by atoms with Gasteiger partial charge in [-0.05, 0) is 37.1 Å². The lowest BCUT2D eigenvalue weighted by Gasteiger charge is -2.16. The average molecular weight is 292 g/mol. The Morgan fingerprint density at radius 3 is 2.59 bits per heavy atom. The summed E-state index contributed by atoms with van der Waals surface area (Å²) in [6.45, 7) is 0. The Balaban J connectivity index is 1.67. The lowest BCUT2D eigenvalue weighted by molar-refractivity contribution is 0.483. The molecule has 0 bridgehead atoms. The van der Waals surface area contributed by atoms with Gasteiger partial charge < -0.3 is 15.0 Å². The molecular weight excluding hydrogens is 272 g/mol.